The summed E-state index contributed by atoms with van der Waals surface area (Å²) >= 11 is 0. The fourth-order valence-corrected chi connectivity index (χ4v) is 1.68. The molecule has 0 radical (unpaired) electrons. The number of rotatable bonds is 4. The van der Waals surface area contributed by atoms with Gasteiger partial charge < -0.3 is 10.5 Å². The molecule has 1 heterocycles. The second-order valence-electron chi connectivity index (χ2n) is 3.90. The fraction of sp³-hybridized carbons (Fsp3) is 0.231. The Morgan fingerprint density at radius 2 is 2.06 bits per heavy atom. The largest absolute Gasteiger partial charge is 0.480 e. The lowest BCUT2D eigenvalue weighted by Gasteiger charge is -2.07. The number of hydrogen-bond donors (Lipinski definition) is 1. The summed E-state index contributed by atoms with van der Waals surface area (Å²) in [5.74, 6) is 0.421. The number of benzene rings is 1. The van der Waals surface area contributed by atoms with Crippen molar-refractivity contribution >= 4 is 0 Å². The minimum Gasteiger partial charge on any atom is -0.480 e. The summed E-state index contributed by atoms with van der Waals surface area (Å²) in [5.41, 5.74) is 7.44. The summed E-state index contributed by atoms with van der Waals surface area (Å²) in [7, 11) is 1.52. The highest BCUT2D eigenvalue weighted by molar-refractivity contribution is 5.23. The monoisotopic (exact) mass is 245 g/mol. The molecule has 0 saturated heterocycles. The number of ether oxygens (including phenoxy) is 1. The van der Waals surface area contributed by atoms with Gasteiger partial charge in [-0.3, -0.25) is 4.79 Å². The van der Waals surface area contributed by atoms with Crippen LogP contribution in [0.25, 0.3) is 0 Å². The molecule has 0 saturated carbocycles. The lowest BCUT2D eigenvalue weighted by Crippen LogP contribution is -2.22. The summed E-state index contributed by atoms with van der Waals surface area (Å²) in [6.07, 6.45) is 0. The zero-order chi connectivity index (χ0) is 13.0. The van der Waals surface area contributed by atoms with Crippen LogP contribution in [0.2, 0.25) is 0 Å². The van der Waals surface area contributed by atoms with Crippen molar-refractivity contribution < 1.29 is 4.74 Å². The van der Waals surface area contributed by atoms with Crippen LogP contribution < -0.4 is 16.0 Å². The van der Waals surface area contributed by atoms with Gasteiger partial charge in [-0.25, -0.2) is 4.68 Å². The van der Waals surface area contributed by atoms with Crippen molar-refractivity contribution in [3.63, 3.8) is 0 Å². The highest BCUT2D eigenvalue weighted by atomic mass is 16.5. The first-order valence-electron chi connectivity index (χ1n) is 5.63. The Bertz CT molecular complexity index is 593. The molecule has 5 heteroatoms. The van der Waals surface area contributed by atoms with E-state index in [1.54, 1.807) is 6.07 Å². The number of nitrogens with two attached hydrogens (primary N) is 1. The quantitative estimate of drug-likeness (QED) is 0.863. The van der Waals surface area contributed by atoms with E-state index in [0.29, 0.717) is 19.0 Å². The molecule has 2 rings (SSSR count). The summed E-state index contributed by atoms with van der Waals surface area (Å²) in [4.78, 5) is 11.7. The molecule has 0 fully saturated rings. The molecule has 0 bridgehead atoms. The maximum absolute atomic E-state index is 11.7. The second kappa shape index (κ2) is 5.46. The lowest BCUT2D eigenvalue weighted by atomic mass is 10.1. The molecule has 0 unspecified atom stereocenters. The van der Waals surface area contributed by atoms with E-state index in [2.05, 4.69) is 5.10 Å². The van der Waals surface area contributed by atoms with Gasteiger partial charge in [-0.05, 0) is 11.1 Å². The average molecular weight is 245 g/mol. The smallest absolute Gasteiger partial charge is 0.267 e. The number of aromatic nitrogens is 2. The maximum Gasteiger partial charge on any atom is 0.267 e. The molecule has 2 aromatic rings. The molecule has 2 N–H and O–H groups in total. The van der Waals surface area contributed by atoms with E-state index in [1.807, 2.05) is 24.3 Å². The molecule has 1 aromatic heterocycles. The summed E-state index contributed by atoms with van der Waals surface area (Å²) in [6.45, 7) is 0.887. The van der Waals surface area contributed by atoms with Crippen LogP contribution in [0.15, 0.2) is 41.2 Å². The number of methoxy groups -OCH3 is 1. The molecule has 1 aromatic carbocycles. The zero-order valence-corrected chi connectivity index (χ0v) is 10.2. The van der Waals surface area contributed by atoms with Crippen molar-refractivity contribution in [2.24, 2.45) is 5.73 Å². The van der Waals surface area contributed by atoms with Crippen LogP contribution in [0.4, 0.5) is 0 Å². The van der Waals surface area contributed by atoms with Gasteiger partial charge in [-0.15, -0.1) is 5.10 Å². The SMILES string of the molecule is COc1ccc(=O)n(Cc2cccc(CN)c2)n1. The van der Waals surface area contributed by atoms with Crippen molar-refractivity contribution in [3.8, 4) is 5.88 Å². The first-order valence-corrected chi connectivity index (χ1v) is 5.63. The summed E-state index contributed by atoms with van der Waals surface area (Å²) < 4.78 is 6.37. The Labute approximate surface area is 105 Å². The van der Waals surface area contributed by atoms with Crippen LogP contribution in [-0.2, 0) is 13.1 Å². The van der Waals surface area contributed by atoms with Crippen molar-refractivity contribution in [1.82, 2.24) is 9.78 Å². The summed E-state index contributed by atoms with van der Waals surface area (Å²) in [5, 5.41) is 4.09. The first-order chi connectivity index (χ1) is 8.72. The van der Waals surface area contributed by atoms with Crippen molar-refractivity contribution in [2.45, 2.75) is 13.1 Å². The number of hydrogen-bond acceptors (Lipinski definition) is 4. The maximum atomic E-state index is 11.7. The van der Waals surface area contributed by atoms with Crippen molar-refractivity contribution in [3.05, 3.63) is 57.9 Å². The molecule has 0 spiro atoms. The van der Waals surface area contributed by atoms with E-state index in [9.17, 15) is 4.79 Å². The Hall–Kier alpha value is -2.14. The third kappa shape index (κ3) is 2.75. The third-order valence-corrected chi connectivity index (χ3v) is 2.61. The molecule has 0 aliphatic carbocycles. The minimum absolute atomic E-state index is 0.158. The Morgan fingerprint density at radius 3 is 2.78 bits per heavy atom. The molecular formula is C13H15N3O2. The highest BCUT2D eigenvalue weighted by Crippen LogP contribution is 2.06. The van der Waals surface area contributed by atoms with Crippen LogP contribution in [-0.4, -0.2) is 16.9 Å². The molecule has 0 aliphatic rings. The minimum atomic E-state index is -0.158. The molecule has 5 nitrogen and oxygen atoms in total. The topological polar surface area (TPSA) is 70.1 Å². The third-order valence-electron chi connectivity index (χ3n) is 2.61. The van der Waals surface area contributed by atoms with E-state index < -0.39 is 0 Å². The van der Waals surface area contributed by atoms with Gasteiger partial charge in [0.1, 0.15) is 0 Å². The van der Waals surface area contributed by atoms with Crippen molar-refractivity contribution in [2.75, 3.05) is 7.11 Å². The van der Waals surface area contributed by atoms with E-state index in [0.717, 1.165) is 11.1 Å². The highest BCUT2D eigenvalue weighted by Gasteiger charge is 2.02. The van der Waals surface area contributed by atoms with Crippen LogP contribution >= 0.6 is 0 Å². The molecule has 18 heavy (non-hydrogen) atoms. The van der Waals surface area contributed by atoms with Gasteiger partial charge in [0.15, 0.2) is 0 Å². The normalized spacial score (nSPS) is 10.3. The predicted octanol–water partition coefficient (Wildman–Crippen LogP) is 0.759. The van der Waals surface area contributed by atoms with Crippen LogP contribution in [0.1, 0.15) is 11.1 Å². The van der Waals surface area contributed by atoms with Crippen LogP contribution in [0, 0.1) is 0 Å². The van der Waals surface area contributed by atoms with Gasteiger partial charge in [0.05, 0.1) is 13.7 Å². The zero-order valence-electron chi connectivity index (χ0n) is 10.2. The fourth-order valence-electron chi connectivity index (χ4n) is 1.68. The first kappa shape index (κ1) is 12.3. The van der Waals surface area contributed by atoms with E-state index in [4.69, 9.17) is 10.5 Å². The molecular weight excluding hydrogens is 230 g/mol. The molecule has 0 atom stereocenters. The van der Waals surface area contributed by atoms with Crippen LogP contribution in [0.3, 0.4) is 0 Å². The standard InChI is InChI=1S/C13H15N3O2/c1-18-12-5-6-13(17)16(15-12)9-11-4-2-3-10(7-11)8-14/h2-7H,8-9,14H2,1H3. The lowest BCUT2D eigenvalue weighted by molar-refractivity contribution is 0.379. The average Bonchev–Trinajstić information content (AvgIpc) is 2.41. The van der Waals surface area contributed by atoms with Crippen LogP contribution in [0.5, 0.6) is 5.88 Å². The van der Waals surface area contributed by atoms with E-state index in [1.165, 1.54) is 17.9 Å². The Morgan fingerprint density at radius 1 is 1.28 bits per heavy atom. The molecule has 94 valence electrons. The van der Waals surface area contributed by atoms with Gasteiger partial charge in [0, 0.05) is 18.7 Å². The van der Waals surface area contributed by atoms with Gasteiger partial charge in [0.2, 0.25) is 5.88 Å². The van der Waals surface area contributed by atoms with Gasteiger partial charge in [-0.1, -0.05) is 24.3 Å². The molecule has 0 aliphatic heterocycles. The van der Waals surface area contributed by atoms with E-state index in [-0.39, 0.29) is 5.56 Å². The van der Waals surface area contributed by atoms with Gasteiger partial charge >= 0.3 is 0 Å². The summed E-state index contributed by atoms with van der Waals surface area (Å²) in [6, 6.07) is 10.8. The Kier molecular flexibility index (Phi) is 3.74. The predicted molar refractivity (Wildman–Crippen MR) is 68.5 cm³/mol. The van der Waals surface area contributed by atoms with Gasteiger partial charge in [-0.2, -0.15) is 0 Å². The van der Waals surface area contributed by atoms with Gasteiger partial charge in [0.25, 0.3) is 5.56 Å². The second-order valence-corrected chi connectivity index (χ2v) is 3.90. The van der Waals surface area contributed by atoms with Crippen molar-refractivity contribution in [1.29, 1.82) is 0 Å². The Balaban J connectivity index is 2.30. The number of nitrogens with zero attached hydrogens (tertiary/aromatic N) is 2. The molecule has 0 amide bonds. The van der Waals surface area contributed by atoms with E-state index >= 15 is 0 Å².